The summed E-state index contributed by atoms with van der Waals surface area (Å²) in [6.07, 6.45) is 9.69. The highest BCUT2D eigenvalue weighted by atomic mass is 35.5. The van der Waals surface area contributed by atoms with Crippen molar-refractivity contribution in [1.82, 2.24) is 9.62 Å². The lowest BCUT2D eigenvalue weighted by Crippen LogP contribution is -2.39. The molecule has 0 aromatic heterocycles. The lowest BCUT2D eigenvalue weighted by atomic mass is 9.76. The largest absolute Gasteiger partial charge is 0.491 e. The number of hydrogen-bond donors (Lipinski definition) is 1. The van der Waals surface area contributed by atoms with Crippen LogP contribution >= 0.6 is 11.6 Å². The van der Waals surface area contributed by atoms with Crippen LogP contribution in [0.5, 0.6) is 5.75 Å². The highest BCUT2D eigenvalue weighted by molar-refractivity contribution is 7.84. The van der Waals surface area contributed by atoms with Crippen LogP contribution in [0, 0.1) is 23.6 Å². The summed E-state index contributed by atoms with van der Waals surface area (Å²) in [5, 5.41) is -0.0410. The monoisotopic (exact) mass is 713 g/mol. The molecule has 4 heterocycles. The van der Waals surface area contributed by atoms with Gasteiger partial charge in [0.25, 0.3) is 5.91 Å². The fourth-order valence-electron chi connectivity index (χ4n) is 8.13. The highest BCUT2D eigenvalue weighted by Gasteiger charge is 2.35. The molecule has 1 saturated heterocycles. The number of likely N-dealkylation sites (tertiary alicyclic amines) is 1. The van der Waals surface area contributed by atoms with Crippen molar-refractivity contribution in [1.29, 1.82) is 0 Å². The normalized spacial score (nSPS) is 28.6. The van der Waals surface area contributed by atoms with Gasteiger partial charge in [0.1, 0.15) is 22.6 Å². The van der Waals surface area contributed by atoms with Gasteiger partial charge in [0.05, 0.1) is 35.3 Å². The van der Waals surface area contributed by atoms with E-state index in [1.54, 1.807) is 12.1 Å². The van der Waals surface area contributed by atoms with Gasteiger partial charge in [0.15, 0.2) is 0 Å². The van der Waals surface area contributed by atoms with E-state index in [1.165, 1.54) is 5.57 Å². The SMILES string of the molecule is CCCc1c(C2COc3ccc4cc3N(CCC(CC)C(OCC3CCN(C)CC3)C3=C[C@@H](C3)CC(C)S(=O)NC4=O)C2)ccc(Cl)c1F. The van der Waals surface area contributed by atoms with Gasteiger partial charge in [0.2, 0.25) is 0 Å². The van der Waals surface area contributed by atoms with Gasteiger partial charge < -0.3 is 19.3 Å². The molecule has 6 atom stereocenters. The first-order valence-electron chi connectivity index (χ1n) is 18.4. The maximum atomic E-state index is 15.4. The smallest absolute Gasteiger partial charge is 0.263 e. The van der Waals surface area contributed by atoms with E-state index in [1.807, 2.05) is 32.0 Å². The molecule has 1 amide bonds. The van der Waals surface area contributed by atoms with E-state index in [2.05, 4.69) is 34.6 Å². The van der Waals surface area contributed by atoms with Gasteiger partial charge >= 0.3 is 0 Å². The van der Waals surface area contributed by atoms with E-state index in [0.29, 0.717) is 54.2 Å². The van der Waals surface area contributed by atoms with Crippen LogP contribution in [0.1, 0.15) is 93.1 Å². The summed E-state index contributed by atoms with van der Waals surface area (Å²) >= 11 is 6.26. The Labute approximate surface area is 299 Å². The molecule has 0 saturated carbocycles. The molecule has 0 radical (unpaired) electrons. The van der Waals surface area contributed by atoms with Crippen LogP contribution in [0.2, 0.25) is 5.02 Å². The van der Waals surface area contributed by atoms with Crippen LogP contribution < -0.4 is 14.4 Å². The number of anilines is 1. The zero-order valence-electron chi connectivity index (χ0n) is 29.5. The lowest BCUT2D eigenvalue weighted by Gasteiger charge is -2.39. The molecule has 7 nitrogen and oxygen atoms in total. The maximum absolute atomic E-state index is 15.4. The van der Waals surface area contributed by atoms with Gasteiger partial charge in [-0.1, -0.05) is 50.4 Å². The Morgan fingerprint density at radius 2 is 1.90 bits per heavy atom. The predicted molar refractivity (Wildman–Crippen MR) is 197 cm³/mol. The third kappa shape index (κ3) is 8.37. The molecule has 0 spiro atoms. The topological polar surface area (TPSA) is 71.1 Å². The van der Waals surface area contributed by atoms with Crippen molar-refractivity contribution in [2.75, 3.05) is 51.3 Å². The van der Waals surface area contributed by atoms with Crippen LogP contribution in [0.3, 0.4) is 0 Å². The molecule has 2 aromatic carbocycles. The zero-order chi connectivity index (χ0) is 34.7. The fourth-order valence-corrected chi connectivity index (χ4v) is 9.23. The maximum Gasteiger partial charge on any atom is 0.263 e. The van der Waals surface area contributed by atoms with Gasteiger partial charge in [-0.25, -0.2) is 8.60 Å². The third-order valence-electron chi connectivity index (χ3n) is 11.2. The Kier molecular flexibility index (Phi) is 12.1. The number of fused-ring (bicyclic) bond motifs is 7. The molecule has 49 heavy (non-hydrogen) atoms. The van der Waals surface area contributed by atoms with Gasteiger partial charge in [-0.05, 0) is 124 Å². The summed E-state index contributed by atoms with van der Waals surface area (Å²) < 4.78 is 44.8. The van der Waals surface area contributed by atoms with E-state index >= 15 is 4.39 Å². The van der Waals surface area contributed by atoms with Crippen LogP contribution in [0.25, 0.3) is 0 Å². The van der Waals surface area contributed by atoms with Crippen molar-refractivity contribution in [3.63, 3.8) is 0 Å². The zero-order valence-corrected chi connectivity index (χ0v) is 31.1. The number of hydrogen-bond acceptors (Lipinski definition) is 6. The molecule has 1 N–H and O–H groups in total. The number of amides is 1. The van der Waals surface area contributed by atoms with Crippen molar-refractivity contribution >= 4 is 34.2 Å². The number of piperidine rings is 1. The van der Waals surface area contributed by atoms with Crippen molar-refractivity contribution in [2.45, 2.75) is 89.4 Å². The minimum Gasteiger partial charge on any atom is -0.491 e. The van der Waals surface area contributed by atoms with Crippen molar-refractivity contribution in [3.8, 4) is 5.75 Å². The molecule has 5 unspecified atom stereocenters. The molecule has 4 aliphatic heterocycles. The van der Waals surface area contributed by atoms with Crippen molar-refractivity contribution in [2.24, 2.45) is 17.8 Å². The molecule has 1 aliphatic carbocycles. The Bertz CT molecular complexity index is 1550. The molecule has 2 aromatic rings. The average molecular weight is 714 g/mol. The number of allylic oxidation sites excluding steroid dienone is 1. The Morgan fingerprint density at radius 1 is 1.12 bits per heavy atom. The summed E-state index contributed by atoms with van der Waals surface area (Å²) in [5.74, 6) is 1.08. The number of carbonyl (C=O) groups excluding carboxylic acids is 1. The Balaban J connectivity index is 1.33. The predicted octanol–water partition coefficient (Wildman–Crippen LogP) is 7.69. The van der Waals surface area contributed by atoms with Crippen molar-refractivity contribution in [3.05, 3.63) is 69.5 Å². The number of carbonyl (C=O) groups is 1. The molecule has 7 rings (SSSR count). The number of rotatable bonds is 7. The standard InChI is InChI=1S/C39H53ClFN3O4S/c1-5-7-33-32(9-10-34(40)37(33)41)31-22-44-17-14-28(6-2)38(48-23-26-12-15-43(4)16-13-26)30-19-27(20-30)18-25(3)49(46)42-39(45)29-8-11-36(47-24-31)35(44)21-29/h8-11,19,21,25-28,31,38H,5-7,12-18,20,22-24H2,1-4H3,(H,42,45)/t25?,27-,28?,31?,38?,49?/m0/s1. The number of benzene rings is 2. The minimum absolute atomic E-state index is 0.0423. The quantitative estimate of drug-likeness (QED) is 0.297. The Morgan fingerprint density at radius 3 is 2.63 bits per heavy atom. The number of nitrogens with one attached hydrogen (secondary N) is 1. The number of ether oxygens (including phenoxy) is 2. The summed E-state index contributed by atoms with van der Waals surface area (Å²) in [6.45, 7) is 11.0. The van der Waals surface area contributed by atoms with Crippen molar-refractivity contribution < 1.29 is 22.9 Å². The number of halogens is 2. The molecule has 4 bridgehead atoms. The van der Waals surface area contributed by atoms with E-state index < -0.39 is 11.0 Å². The number of nitrogens with zero attached hydrogens (tertiary/aromatic N) is 2. The summed E-state index contributed by atoms with van der Waals surface area (Å²) in [4.78, 5) is 18.1. The van der Waals surface area contributed by atoms with Gasteiger partial charge in [-0.2, -0.15) is 0 Å². The van der Waals surface area contributed by atoms with E-state index in [4.69, 9.17) is 21.1 Å². The average Bonchev–Trinajstić information content (AvgIpc) is 3.26. The second-order valence-electron chi connectivity index (χ2n) is 14.8. The minimum atomic E-state index is -1.52. The van der Waals surface area contributed by atoms with Crippen LogP contribution in [0.15, 0.2) is 42.0 Å². The summed E-state index contributed by atoms with van der Waals surface area (Å²) in [5.41, 5.74) is 4.21. The highest BCUT2D eigenvalue weighted by Crippen LogP contribution is 2.41. The summed E-state index contributed by atoms with van der Waals surface area (Å²) in [7, 11) is 0.672. The van der Waals surface area contributed by atoms with E-state index in [0.717, 1.165) is 82.4 Å². The second kappa shape index (κ2) is 16.3. The molecule has 10 heteroatoms. The first-order chi connectivity index (χ1) is 23.6. The van der Waals surface area contributed by atoms with Crippen LogP contribution in [0.4, 0.5) is 10.1 Å². The van der Waals surface area contributed by atoms with Gasteiger partial charge in [0, 0.05) is 24.6 Å². The second-order valence-corrected chi connectivity index (χ2v) is 16.8. The first kappa shape index (κ1) is 36.3. The lowest BCUT2D eigenvalue weighted by molar-refractivity contribution is -0.00448. The summed E-state index contributed by atoms with van der Waals surface area (Å²) in [6, 6.07) is 9.05. The van der Waals surface area contributed by atoms with E-state index in [9.17, 15) is 9.00 Å². The fraction of sp³-hybridized carbons (Fsp3) is 0.615. The first-order valence-corrected chi connectivity index (χ1v) is 19.9. The molecule has 5 aliphatic rings. The van der Waals surface area contributed by atoms with Crippen LogP contribution in [-0.2, 0) is 22.1 Å². The Hall–Kier alpha value is -2.46. The molecular formula is C39H53ClFN3O4S. The van der Waals surface area contributed by atoms with Gasteiger partial charge in [-0.3, -0.25) is 9.52 Å². The third-order valence-corrected chi connectivity index (χ3v) is 12.8. The van der Waals surface area contributed by atoms with E-state index in [-0.39, 0.29) is 34.0 Å². The molecule has 1 fully saturated rings. The molecular weight excluding hydrogens is 661 g/mol. The van der Waals surface area contributed by atoms with Crippen LogP contribution in [-0.4, -0.2) is 72.8 Å². The molecule has 268 valence electrons. The van der Waals surface area contributed by atoms with Gasteiger partial charge in [-0.15, -0.1) is 0 Å².